The Bertz CT molecular complexity index is 1570. The minimum Gasteiger partial charge on any atom is -0.347 e. The van der Waals surface area contributed by atoms with E-state index in [0.717, 1.165) is 22.9 Å². The monoisotopic (exact) mass is 576 g/mol. The van der Waals surface area contributed by atoms with Crippen LogP contribution < -0.4 is 10.0 Å². The third-order valence-corrected chi connectivity index (χ3v) is 7.03. The number of hydrogen-bond acceptors (Lipinski definition) is 4. The van der Waals surface area contributed by atoms with Crippen molar-refractivity contribution in [2.45, 2.75) is 20.0 Å². The minimum absolute atomic E-state index is 0.163. The van der Waals surface area contributed by atoms with Crippen LogP contribution in [0.25, 0.3) is 16.9 Å². The molecule has 0 aliphatic rings. The van der Waals surface area contributed by atoms with Crippen LogP contribution in [0.4, 0.5) is 0 Å². The molecule has 3 aromatic carbocycles. The molecule has 37 heavy (non-hydrogen) atoms. The molecule has 2 N–H and O–H groups in total. The van der Waals surface area contributed by atoms with Crippen molar-refractivity contribution < 1.29 is 13.2 Å². The summed E-state index contributed by atoms with van der Waals surface area (Å²) in [6.45, 7) is 2.22. The van der Waals surface area contributed by atoms with Gasteiger partial charge in [-0.3, -0.25) is 4.79 Å². The van der Waals surface area contributed by atoms with Crippen LogP contribution in [0.15, 0.2) is 66.7 Å². The van der Waals surface area contributed by atoms with E-state index in [1.54, 1.807) is 35.0 Å². The predicted octanol–water partition coefficient (Wildman–Crippen LogP) is 5.79. The molecule has 0 saturated heterocycles. The van der Waals surface area contributed by atoms with E-state index in [1.165, 1.54) is 0 Å². The molecule has 0 aliphatic carbocycles. The zero-order chi connectivity index (χ0) is 26.7. The van der Waals surface area contributed by atoms with Crippen molar-refractivity contribution in [2.24, 2.45) is 0 Å². The van der Waals surface area contributed by atoms with Gasteiger partial charge in [-0.25, -0.2) is 17.8 Å². The van der Waals surface area contributed by atoms with Gasteiger partial charge in [-0.15, -0.1) is 0 Å². The standard InChI is InChI=1S/C26H23Cl3N4O3S/c1-16-24(26(34)30-14-17-4-3-5-18(12-17)15-31-37(2,35)36)32-33(23-11-10-21(28)13-22(23)29)25(16)19-6-8-20(27)9-7-19/h3-13,31H,14-15H2,1-2H3,(H,30,34). The first-order valence-electron chi connectivity index (χ1n) is 11.1. The molecule has 4 aromatic rings. The van der Waals surface area contributed by atoms with Crippen molar-refractivity contribution in [2.75, 3.05) is 6.26 Å². The highest BCUT2D eigenvalue weighted by Gasteiger charge is 2.23. The SMILES string of the molecule is Cc1c(C(=O)NCc2cccc(CNS(C)(=O)=O)c2)nn(-c2ccc(Cl)cc2Cl)c1-c1ccc(Cl)cc1. The summed E-state index contributed by atoms with van der Waals surface area (Å²) in [6.07, 6.45) is 1.11. The van der Waals surface area contributed by atoms with E-state index in [1.807, 2.05) is 43.3 Å². The predicted molar refractivity (Wildman–Crippen MR) is 148 cm³/mol. The van der Waals surface area contributed by atoms with Crippen LogP contribution in [-0.4, -0.2) is 30.4 Å². The van der Waals surface area contributed by atoms with Gasteiger partial charge < -0.3 is 5.32 Å². The molecule has 0 bridgehead atoms. The maximum absolute atomic E-state index is 13.2. The van der Waals surface area contributed by atoms with Gasteiger partial charge in [0.05, 0.1) is 22.7 Å². The molecule has 192 valence electrons. The Morgan fingerprint density at radius 1 is 0.919 bits per heavy atom. The zero-order valence-electron chi connectivity index (χ0n) is 19.9. The molecule has 4 rings (SSSR count). The number of amides is 1. The third kappa shape index (κ3) is 6.71. The average Bonchev–Trinajstić information content (AvgIpc) is 3.18. The second-order valence-electron chi connectivity index (χ2n) is 8.43. The largest absolute Gasteiger partial charge is 0.347 e. The number of benzene rings is 3. The molecule has 7 nitrogen and oxygen atoms in total. The van der Waals surface area contributed by atoms with E-state index in [-0.39, 0.29) is 24.7 Å². The van der Waals surface area contributed by atoms with Crippen molar-refractivity contribution in [3.05, 3.63) is 104 Å². The summed E-state index contributed by atoms with van der Waals surface area (Å²) < 4.78 is 26.9. The highest BCUT2D eigenvalue weighted by molar-refractivity contribution is 7.88. The van der Waals surface area contributed by atoms with Crippen LogP contribution in [0.1, 0.15) is 27.2 Å². The van der Waals surface area contributed by atoms with Crippen molar-refractivity contribution in [3.8, 4) is 16.9 Å². The van der Waals surface area contributed by atoms with Crippen molar-refractivity contribution in [1.82, 2.24) is 19.8 Å². The molecule has 1 aromatic heterocycles. The van der Waals surface area contributed by atoms with E-state index in [0.29, 0.717) is 32.0 Å². The number of hydrogen-bond donors (Lipinski definition) is 2. The number of nitrogens with zero attached hydrogens (tertiary/aromatic N) is 2. The van der Waals surface area contributed by atoms with Crippen molar-refractivity contribution in [1.29, 1.82) is 0 Å². The molecule has 0 atom stereocenters. The molecule has 0 saturated carbocycles. The molecule has 0 unspecified atom stereocenters. The molecule has 11 heteroatoms. The third-order valence-electron chi connectivity index (χ3n) is 5.58. The molecule has 0 spiro atoms. The summed E-state index contributed by atoms with van der Waals surface area (Å²) in [5.41, 5.74) is 4.58. The fraction of sp³-hybridized carbons (Fsp3) is 0.154. The van der Waals surface area contributed by atoms with E-state index in [2.05, 4.69) is 15.1 Å². The summed E-state index contributed by atoms with van der Waals surface area (Å²) in [5, 5.41) is 8.98. The van der Waals surface area contributed by atoms with Gasteiger partial charge in [-0.05, 0) is 48.4 Å². The van der Waals surface area contributed by atoms with Gasteiger partial charge in [-0.1, -0.05) is 71.2 Å². The maximum atomic E-state index is 13.2. The van der Waals surface area contributed by atoms with Gasteiger partial charge >= 0.3 is 0 Å². The lowest BCUT2D eigenvalue weighted by Crippen LogP contribution is -2.24. The van der Waals surface area contributed by atoms with Crippen LogP contribution in [0, 0.1) is 6.92 Å². The second kappa shape index (κ2) is 11.2. The number of halogens is 3. The first kappa shape index (κ1) is 27.2. The topological polar surface area (TPSA) is 93.1 Å². The first-order chi connectivity index (χ1) is 17.5. The fourth-order valence-corrected chi connectivity index (χ4v) is 4.86. The van der Waals surface area contributed by atoms with Crippen LogP contribution in [0.3, 0.4) is 0 Å². The summed E-state index contributed by atoms with van der Waals surface area (Å²) >= 11 is 18.7. The summed E-state index contributed by atoms with van der Waals surface area (Å²) in [5.74, 6) is -0.365. The van der Waals surface area contributed by atoms with Gasteiger partial charge in [0.15, 0.2) is 5.69 Å². The highest BCUT2D eigenvalue weighted by Crippen LogP contribution is 2.33. The number of carbonyl (C=O) groups is 1. The number of carbonyl (C=O) groups excluding carboxylic acids is 1. The molecule has 0 fully saturated rings. The smallest absolute Gasteiger partial charge is 0.272 e. The molecule has 0 aliphatic heterocycles. The van der Waals surface area contributed by atoms with Crippen LogP contribution in [-0.2, 0) is 23.1 Å². The van der Waals surface area contributed by atoms with E-state index in [9.17, 15) is 13.2 Å². The summed E-state index contributed by atoms with van der Waals surface area (Å²) in [4.78, 5) is 13.2. The van der Waals surface area contributed by atoms with Gasteiger partial charge in [0.25, 0.3) is 5.91 Å². The van der Waals surface area contributed by atoms with E-state index >= 15 is 0 Å². The molecule has 1 heterocycles. The van der Waals surface area contributed by atoms with Crippen molar-refractivity contribution in [3.63, 3.8) is 0 Å². The maximum Gasteiger partial charge on any atom is 0.272 e. The van der Waals surface area contributed by atoms with Crippen LogP contribution >= 0.6 is 34.8 Å². The molecular formula is C26H23Cl3N4O3S. The lowest BCUT2D eigenvalue weighted by atomic mass is 10.1. The van der Waals surface area contributed by atoms with Gasteiger partial charge in [0.1, 0.15) is 0 Å². The van der Waals surface area contributed by atoms with Crippen molar-refractivity contribution >= 4 is 50.7 Å². The van der Waals surface area contributed by atoms with Crippen LogP contribution in [0.5, 0.6) is 0 Å². The Morgan fingerprint density at radius 3 is 2.22 bits per heavy atom. The number of rotatable bonds is 8. The Balaban J connectivity index is 1.64. The summed E-state index contributed by atoms with van der Waals surface area (Å²) in [7, 11) is -3.31. The Labute approximate surface area is 230 Å². The Morgan fingerprint density at radius 2 is 1.57 bits per heavy atom. The molecule has 0 radical (unpaired) electrons. The molecular weight excluding hydrogens is 555 g/mol. The fourth-order valence-electron chi connectivity index (χ4n) is 3.82. The Kier molecular flexibility index (Phi) is 8.26. The lowest BCUT2D eigenvalue weighted by molar-refractivity contribution is 0.0945. The quantitative estimate of drug-likeness (QED) is 0.277. The molecule has 1 amide bonds. The lowest BCUT2D eigenvalue weighted by Gasteiger charge is -2.11. The highest BCUT2D eigenvalue weighted by atomic mass is 35.5. The van der Waals surface area contributed by atoms with Crippen LogP contribution in [0.2, 0.25) is 15.1 Å². The Hall–Kier alpha value is -2.88. The number of nitrogens with one attached hydrogen (secondary N) is 2. The van der Waals surface area contributed by atoms with Gasteiger partial charge in [0.2, 0.25) is 10.0 Å². The second-order valence-corrected chi connectivity index (χ2v) is 11.5. The average molecular weight is 578 g/mol. The van der Waals surface area contributed by atoms with E-state index in [4.69, 9.17) is 34.8 Å². The van der Waals surface area contributed by atoms with Gasteiger partial charge in [0, 0.05) is 34.3 Å². The van der Waals surface area contributed by atoms with E-state index < -0.39 is 10.0 Å². The number of aromatic nitrogens is 2. The summed E-state index contributed by atoms with van der Waals surface area (Å²) in [6, 6.07) is 19.6. The number of sulfonamides is 1. The van der Waals surface area contributed by atoms with Gasteiger partial charge in [-0.2, -0.15) is 5.10 Å². The minimum atomic E-state index is -3.31. The first-order valence-corrected chi connectivity index (χ1v) is 14.2. The normalized spacial score (nSPS) is 11.5. The zero-order valence-corrected chi connectivity index (χ0v) is 23.0.